The van der Waals surface area contributed by atoms with Crippen LogP contribution < -0.4 is 5.32 Å². The number of carbonyl (C=O) groups excluding carboxylic acids is 1. The largest absolute Gasteiger partial charge is 0.478 e. The first-order valence-electron chi connectivity index (χ1n) is 5.67. The Morgan fingerprint density at radius 2 is 1.76 bits per heavy atom. The van der Waals surface area contributed by atoms with Crippen LogP contribution in [0.15, 0.2) is 36.4 Å². The molecule has 0 bridgehead atoms. The molecule has 1 amide bonds. The summed E-state index contributed by atoms with van der Waals surface area (Å²) in [6.45, 7) is 0. The summed E-state index contributed by atoms with van der Waals surface area (Å²) in [5.74, 6) is -3.80. The summed E-state index contributed by atoms with van der Waals surface area (Å²) in [7, 11) is 0. The SMILES string of the molecule is O=C(Nc1ccc(F)c(C(=O)O)c1)c1ccc(Cl)c(F)c1. The number of nitrogens with one attached hydrogen (secondary N) is 1. The van der Waals surface area contributed by atoms with E-state index in [2.05, 4.69) is 5.32 Å². The standard InChI is InChI=1S/C14H8ClF2NO3/c15-10-3-1-7(5-12(10)17)13(19)18-8-2-4-11(16)9(6-8)14(20)21/h1-6H,(H,18,19)(H,20,21). The van der Waals surface area contributed by atoms with Gasteiger partial charge in [-0.2, -0.15) is 0 Å². The molecule has 0 unspecified atom stereocenters. The maximum absolute atomic E-state index is 13.3. The molecule has 2 N–H and O–H groups in total. The van der Waals surface area contributed by atoms with Crippen LogP contribution >= 0.6 is 11.6 Å². The molecule has 0 aliphatic carbocycles. The maximum Gasteiger partial charge on any atom is 0.338 e. The first kappa shape index (κ1) is 14.9. The number of anilines is 1. The second kappa shape index (κ2) is 5.88. The normalized spacial score (nSPS) is 10.2. The van der Waals surface area contributed by atoms with E-state index in [0.717, 1.165) is 18.2 Å². The Hall–Kier alpha value is -2.47. The summed E-state index contributed by atoms with van der Waals surface area (Å²) in [5, 5.41) is 11.0. The quantitative estimate of drug-likeness (QED) is 0.910. The van der Waals surface area contributed by atoms with Gasteiger partial charge in [-0.1, -0.05) is 11.6 Å². The first-order chi connectivity index (χ1) is 9.88. The Bertz CT molecular complexity index is 734. The zero-order chi connectivity index (χ0) is 15.6. The van der Waals surface area contributed by atoms with Gasteiger partial charge in [0.2, 0.25) is 0 Å². The molecule has 0 aromatic heterocycles. The molecule has 0 atom stereocenters. The van der Waals surface area contributed by atoms with Gasteiger partial charge in [0.25, 0.3) is 5.91 Å². The van der Waals surface area contributed by atoms with Crippen LogP contribution in [-0.4, -0.2) is 17.0 Å². The number of rotatable bonds is 3. The van der Waals surface area contributed by atoms with Crippen molar-refractivity contribution in [3.05, 3.63) is 64.2 Å². The number of hydrogen-bond acceptors (Lipinski definition) is 2. The van der Waals surface area contributed by atoms with Crippen molar-refractivity contribution in [3.63, 3.8) is 0 Å². The number of aromatic carboxylic acids is 1. The summed E-state index contributed by atoms with van der Waals surface area (Å²) in [6, 6.07) is 6.57. The Labute approximate surface area is 123 Å². The Balaban J connectivity index is 2.25. The van der Waals surface area contributed by atoms with E-state index >= 15 is 0 Å². The van der Waals surface area contributed by atoms with Gasteiger partial charge in [0, 0.05) is 11.3 Å². The highest BCUT2D eigenvalue weighted by Gasteiger charge is 2.13. The van der Waals surface area contributed by atoms with Crippen LogP contribution in [0.2, 0.25) is 5.02 Å². The van der Waals surface area contributed by atoms with Crippen LogP contribution in [-0.2, 0) is 0 Å². The number of carboxylic acids is 1. The topological polar surface area (TPSA) is 66.4 Å². The Morgan fingerprint density at radius 1 is 1.05 bits per heavy atom. The number of amides is 1. The lowest BCUT2D eigenvalue weighted by Gasteiger charge is -2.07. The minimum Gasteiger partial charge on any atom is -0.478 e. The Kier molecular flexibility index (Phi) is 4.18. The molecular weight excluding hydrogens is 304 g/mol. The highest BCUT2D eigenvalue weighted by molar-refractivity contribution is 6.30. The second-order valence-corrected chi connectivity index (χ2v) is 4.49. The van der Waals surface area contributed by atoms with Crippen molar-refractivity contribution in [1.82, 2.24) is 0 Å². The third-order valence-electron chi connectivity index (χ3n) is 2.64. The highest BCUT2D eigenvalue weighted by atomic mass is 35.5. The lowest BCUT2D eigenvalue weighted by Crippen LogP contribution is -2.13. The van der Waals surface area contributed by atoms with Gasteiger partial charge in [0.1, 0.15) is 11.6 Å². The molecule has 0 spiro atoms. The van der Waals surface area contributed by atoms with Gasteiger partial charge in [-0.3, -0.25) is 4.79 Å². The van der Waals surface area contributed by atoms with Gasteiger partial charge in [0.05, 0.1) is 10.6 Å². The third kappa shape index (κ3) is 3.35. The first-order valence-corrected chi connectivity index (χ1v) is 6.05. The van der Waals surface area contributed by atoms with Crippen LogP contribution in [0.25, 0.3) is 0 Å². The summed E-state index contributed by atoms with van der Waals surface area (Å²) in [5.41, 5.74) is -0.498. The second-order valence-electron chi connectivity index (χ2n) is 4.08. The molecule has 2 rings (SSSR count). The van der Waals surface area contributed by atoms with E-state index < -0.39 is 29.1 Å². The predicted molar refractivity (Wildman–Crippen MR) is 72.7 cm³/mol. The lowest BCUT2D eigenvalue weighted by atomic mass is 10.1. The number of benzene rings is 2. The molecule has 0 radical (unpaired) electrons. The summed E-state index contributed by atoms with van der Waals surface area (Å²) in [6.07, 6.45) is 0. The van der Waals surface area contributed by atoms with Crippen molar-refractivity contribution < 1.29 is 23.5 Å². The van der Waals surface area contributed by atoms with Gasteiger partial charge in [0.15, 0.2) is 0 Å². The van der Waals surface area contributed by atoms with Crippen molar-refractivity contribution in [2.45, 2.75) is 0 Å². The average Bonchev–Trinajstić information content (AvgIpc) is 2.43. The average molecular weight is 312 g/mol. The molecule has 108 valence electrons. The summed E-state index contributed by atoms with van der Waals surface area (Å²) in [4.78, 5) is 22.7. The minimum atomic E-state index is -1.46. The van der Waals surface area contributed by atoms with Gasteiger partial charge in [-0.25, -0.2) is 13.6 Å². The molecule has 0 aliphatic rings. The molecular formula is C14H8ClF2NO3. The van der Waals surface area contributed by atoms with Crippen LogP contribution in [0, 0.1) is 11.6 Å². The number of carbonyl (C=O) groups is 2. The third-order valence-corrected chi connectivity index (χ3v) is 2.94. The van der Waals surface area contributed by atoms with Crippen molar-refractivity contribution in [2.75, 3.05) is 5.32 Å². The van der Waals surface area contributed by atoms with Crippen LogP contribution in [0.3, 0.4) is 0 Å². The molecule has 0 fully saturated rings. The number of hydrogen-bond donors (Lipinski definition) is 2. The fourth-order valence-corrected chi connectivity index (χ4v) is 1.73. The molecule has 0 aliphatic heterocycles. The van der Waals surface area contributed by atoms with E-state index in [1.807, 2.05) is 0 Å². The van der Waals surface area contributed by atoms with E-state index in [0.29, 0.717) is 0 Å². The van der Waals surface area contributed by atoms with Gasteiger partial charge in [-0.05, 0) is 36.4 Å². The van der Waals surface area contributed by atoms with Crippen LogP contribution in [0.5, 0.6) is 0 Å². The Morgan fingerprint density at radius 3 is 2.38 bits per heavy atom. The van der Waals surface area contributed by atoms with Crippen molar-refractivity contribution in [2.24, 2.45) is 0 Å². The minimum absolute atomic E-state index is 0.00176. The van der Waals surface area contributed by atoms with E-state index in [9.17, 15) is 18.4 Å². The van der Waals surface area contributed by atoms with E-state index in [4.69, 9.17) is 16.7 Å². The molecule has 21 heavy (non-hydrogen) atoms. The van der Waals surface area contributed by atoms with Crippen molar-refractivity contribution in [3.8, 4) is 0 Å². The van der Waals surface area contributed by atoms with E-state index in [1.165, 1.54) is 18.2 Å². The molecule has 0 saturated carbocycles. The predicted octanol–water partition coefficient (Wildman–Crippen LogP) is 3.57. The van der Waals surface area contributed by atoms with Gasteiger partial charge >= 0.3 is 5.97 Å². The fraction of sp³-hybridized carbons (Fsp3) is 0. The molecule has 4 nitrogen and oxygen atoms in total. The van der Waals surface area contributed by atoms with Gasteiger partial charge < -0.3 is 10.4 Å². The highest BCUT2D eigenvalue weighted by Crippen LogP contribution is 2.18. The number of carboxylic acid groups (broad SMARTS) is 1. The molecule has 2 aromatic carbocycles. The number of halogens is 3. The summed E-state index contributed by atoms with van der Waals surface area (Å²) < 4.78 is 26.5. The fourth-order valence-electron chi connectivity index (χ4n) is 1.61. The van der Waals surface area contributed by atoms with Crippen LogP contribution in [0.4, 0.5) is 14.5 Å². The lowest BCUT2D eigenvalue weighted by molar-refractivity contribution is 0.0691. The molecule has 0 heterocycles. The zero-order valence-electron chi connectivity index (χ0n) is 10.4. The molecule has 7 heteroatoms. The van der Waals surface area contributed by atoms with Crippen molar-refractivity contribution in [1.29, 1.82) is 0 Å². The smallest absolute Gasteiger partial charge is 0.338 e. The molecule has 0 saturated heterocycles. The van der Waals surface area contributed by atoms with Crippen LogP contribution in [0.1, 0.15) is 20.7 Å². The van der Waals surface area contributed by atoms with E-state index in [1.54, 1.807) is 0 Å². The maximum atomic E-state index is 13.3. The zero-order valence-corrected chi connectivity index (χ0v) is 11.1. The van der Waals surface area contributed by atoms with E-state index in [-0.39, 0.29) is 16.3 Å². The van der Waals surface area contributed by atoms with Crippen molar-refractivity contribution >= 4 is 29.2 Å². The summed E-state index contributed by atoms with van der Waals surface area (Å²) >= 11 is 5.50. The van der Waals surface area contributed by atoms with Gasteiger partial charge in [-0.15, -0.1) is 0 Å². The monoisotopic (exact) mass is 311 g/mol. The molecule has 2 aromatic rings.